The van der Waals surface area contributed by atoms with Gasteiger partial charge in [0.1, 0.15) is 0 Å². The molecule has 6 nitrogen and oxygen atoms in total. The molecule has 1 aliphatic heterocycles. The molecule has 1 saturated heterocycles. The number of piperidine rings is 1. The van der Waals surface area contributed by atoms with Crippen LogP contribution in [0.15, 0.2) is 53.7 Å². The van der Waals surface area contributed by atoms with E-state index >= 15 is 0 Å². The topological polar surface area (TPSA) is 63.9 Å². The summed E-state index contributed by atoms with van der Waals surface area (Å²) in [5.41, 5.74) is 5.18. The summed E-state index contributed by atoms with van der Waals surface area (Å²) in [7, 11) is 0. The number of benzene rings is 2. The third-order valence-corrected chi connectivity index (χ3v) is 7.33. The van der Waals surface area contributed by atoms with Crippen LogP contribution in [0.5, 0.6) is 0 Å². The standard InChI is InChI=1S/C24H27N5OS/c30-23(28-13-11-19(12-14-28)15-18-5-2-1-3-6-18)17-31-24-25-26-27-29(24)22-10-9-20-7-4-8-21(20)16-22/h1-3,5-6,9-10,16,19H,4,7-8,11-15,17H2. The molecule has 0 spiro atoms. The van der Waals surface area contributed by atoms with Crippen molar-refractivity contribution < 1.29 is 4.79 Å². The molecule has 0 atom stereocenters. The number of rotatable bonds is 6. The lowest BCUT2D eigenvalue weighted by Crippen LogP contribution is -2.39. The highest BCUT2D eigenvalue weighted by Crippen LogP contribution is 2.27. The third kappa shape index (κ3) is 4.66. The van der Waals surface area contributed by atoms with E-state index in [-0.39, 0.29) is 5.91 Å². The summed E-state index contributed by atoms with van der Waals surface area (Å²) in [5.74, 6) is 1.20. The predicted octanol–water partition coefficient (Wildman–Crippen LogP) is 3.72. The van der Waals surface area contributed by atoms with Gasteiger partial charge < -0.3 is 4.90 Å². The Morgan fingerprint density at radius 2 is 1.84 bits per heavy atom. The molecule has 0 N–H and O–H groups in total. The molecule has 5 rings (SSSR count). The van der Waals surface area contributed by atoms with E-state index in [4.69, 9.17) is 0 Å². The van der Waals surface area contributed by atoms with Crippen LogP contribution in [-0.2, 0) is 24.1 Å². The number of aromatic nitrogens is 4. The molecule has 3 aromatic rings. The van der Waals surface area contributed by atoms with Gasteiger partial charge in [0.2, 0.25) is 11.1 Å². The first-order chi connectivity index (χ1) is 15.3. The molecule has 31 heavy (non-hydrogen) atoms. The van der Waals surface area contributed by atoms with E-state index in [1.54, 1.807) is 4.68 Å². The monoisotopic (exact) mass is 433 g/mol. The van der Waals surface area contributed by atoms with Gasteiger partial charge >= 0.3 is 0 Å². The SMILES string of the molecule is O=C(CSc1nnnn1-c1ccc2c(c1)CCC2)N1CCC(Cc2ccccc2)CC1. The average molecular weight is 434 g/mol. The van der Waals surface area contributed by atoms with Crippen molar-refractivity contribution in [2.45, 2.75) is 43.7 Å². The smallest absolute Gasteiger partial charge is 0.233 e. The van der Waals surface area contributed by atoms with E-state index < -0.39 is 0 Å². The zero-order valence-corrected chi connectivity index (χ0v) is 18.4. The van der Waals surface area contributed by atoms with Crippen molar-refractivity contribution >= 4 is 17.7 Å². The van der Waals surface area contributed by atoms with Gasteiger partial charge in [0, 0.05) is 13.1 Å². The molecular formula is C24H27N5OS. The Hall–Kier alpha value is -2.67. The number of hydrogen-bond donors (Lipinski definition) is 0. The quantitative estimate of drug-likeness (QED) is 0.555. The molecule has 0 unspecified atom stereocenters. The molecule has 7 heteroatoms. The maximum atomic E-state index is 12.8. The predicted molar refractivity (Wildman–Crippen MR) is 121 cm³/mol. The van der Waals surface area contributed by atoms with Crippen LogP contribution >= 0.6 is 11.8 Å². The van der Waals surface area contributed by atoms with Crippen molar-refractivity contribution in [3.05, 3.63) is 65.2 Å². The number of tetrazole rings is 1. The van der Waals surface area contributed by atoms with Crippen molar-refractivity contribution in [2.24, 2.45) is 5.92 Å². The molecule has 0 bridgehead atoms. The Morgan fingerprint density at radius 1 is 1.03 bits per heavy atom. The minimum atomic E-state index is 0.173. The molecule has 160 valence electrons. The number of aryl methyl sites for hydroxylation is 2. The van der Waals surface area contributed by atoms with Crippen LogP contribution in [0.2, 0.25) is 0 Å². The fraction of sp³-hybridized carbons (Fsp3) is 0.417. The number of likely N-dealkylation sites (tertiary alicyclic amines) is 1. The van der Waals surface area contributed by atoms with Gasteiger partial charge in [-0.15, -0.1) is 5.10 Å². The molecule has 1 aliphatic carbocycles. The van der Waals surface area contributed by atoms with Gasteiger partial charge in [0.05, 0.1) is 11.4 Å². The second-order valence-electron chi connectivity index (χ2n) is 8.48. The van der Waals surface area contributed by atoms with Crippen molar-refractivity contribution in [3.8, 4) is 5.69 Å². The molecule has 1 fully saturated rings. The lowest BCUT2D eigenvalue weighted by Gasteiger charge is -2.32. The highest BCUT2D eigenvalue weighted by molar-refractivity contribution is 7.99. The van der Waals surface area contributed by atoms with Crippen LogP contribution in [0.4, 0.5) is 0 Å². The van der Waals surface area contributed by atoms with Gasteiger partial charge in [-0.1, -0.05) is 48.2 Å². The van der Waals surface area contributed by atoms with E-state index in [0.717, 1.165) is 50.9 Å². The maximum Gasteiger partial charge on any atom is 0.233 e. The third-order valence-electron chi connectivity index (χ3n) is 6.43. The average Bonchev–Trinajstić information content (AvgIpc) is 3.47. The first-order valence-corrected chi connectivity index (χ1v) is 12.1. The minimum Gasteiger partial charge on any atom is -0.342 e. The van der Waals surface area contributed by atoms with Crippen molar-refractivity contribution in [3.63, 3.8) is 0 Å². The van der Waals surface area contributed by atoms with Crippen molar-refractivity contribution in [1.82, 2.24) is 25.1 Å². The Kier molecular flexibility index (Phi) is 6.02. The van der Waals surface area contributed by atoms with Crippen LogP contribution < -0.4 is 0 Å². The zero-order valence-electron chi connectivity index (χ0n) is 17.6. The zero-order chi connectivity index (χ0) is 21.0. The molecule has 0 saturated carbocycles. The molecule has 1 amide bonds. The summed E-state index contributed by atoms with van der Waals surface area (Å²) in [5, 5.41) is 12.8. The van der Waals surface area contributed by atoms with E-state index in [1.807, 2.05) is 4.90 Å². The van der Waals surface area contributed by atoms with Crippen LogP contribution in [0.25, 0.3) is 5.69 Å². The molecule has 2 aliphatic rings. The number of thioether (sulfide) groups is 1. The van der Waals surface area contributed by atoms with Crippen LogP contribution in [-0.4, -0.2) is 49.9 Å². The largest absolute Gasteiger partial charge is 0.342 e. The van der Waals surface area contributed by atoms with E-state index in [0.29, 0.717) is 16.8 Å². The lowest BCUT2D eigenvalue weighted by atomic mass is 9.90. The van der Waals surface area contributed by atoms with Gasteiger partial charge in [-0.25, -0.2) is 0 Å². The number of hydrogen-bond acceptors (Lipinski definition) is 5. The van der Waals surface area contributed by atoms with Crippen LogP contribution in [0.1, 0.15) is 36.0 Å². The highest BCUT2D eigenvalue weighted by atomic mass is 32.2. The second-order valence-corrected chi connectivity index (χ2v) is 9.42. The molecular weight excluding hydrogens is 406 g/mol. The van der Waals surface area contributed by atoms with Gasteiger partial charge in [0.15, 0.2) is 0 Å². The van der Waals surface area contributed by atoms with E-state index in [1.165, 1.54) is 34.9 Å². The van der Waals surface area contributed by atoms with Crippen LogP contribution in [0.3, 0.4) is 0 Å². The van der Waals surface area contributed by atoms with Gasteiger partial charge in [-0.05, 0) is 83.7 Å². The van der Waals surface area contributed by atoms with Crippen LogP contribution in [0, 0.1) is 5.92 Å². The van der Waals surface area contributed by atoms with Crippen molar-refractivity contribution in [2.75, 3.05) is 18.8 Å². The molecule has 1 aromatic heterocycles. The fourth-order valence-electron chi connectivity index (χ4n) is 4.67. The summed E-state index contributed by atoms with van der Waals surface area (Å²) in [6.07, 6.45) is 6.73. The molecule has 0 radical (unpaired) electrons. The number of carbonyl (C=O) groups excluding carboxylic acids is 1. The summed E-state index contributed by atoms with van der Waals surface area (Å²) in [6.45, 7) is 1.68. The first kappa shape index (κ1) is 20.2. The molecule has 2 heterocycles. The Labute approximate surface area is 187 Å². The minimum absolute atomic E-state index is 0.173. The summed E-state index contributed by atoms with van der Waals surface area (Å²) >= 11 is 1.42. The van der Waals surface area contributed by atoms with Gasteiger partial charge in [0.25, 0.3) is 0 Å². The Bertz CT molecular complexity index is 1040. The number of nitrogens with zero attached hydrogens (tertiary/aromatic N) is 5. The Morgan fingerprint density at radius 3 is 2.68 bits per heavy atom. The van der Waals surface area contributed by atoms with Gasteiger partial charge in [-0.2, -0.15) is 4.68 Å². The lowest BCUT2D eigenvalue weighted by molar-refractivity contribution is -0.129. The first-order valence-electron chi connectivity index (χ1n) is 11.1. The number of fused-ring (bicyclic) bond motifs is 1. The van der Waals surface area contributed by atoms with E-state index in [9.17, 15) is 4.79 Å². The molecule has 2 aromatic carbocycles. The summed E-state index contributed by atoms with van der Waals surface area (Å²) in [6, 6.07) is 17.1. The Balaban J connectivity index is 1.15. The van der Waals surface area contributed by atoms with Gasteiger partial charge in [-0.3, -0.25) is 4.79 Å². The normalized spacial score (nSPS) is 16.5. The number of carbonyl (C=O) groups is 1. The summed E-state index contributed by atoms with van der Waals surface area (Å²) < 4.78 is 1.75. The van der Waals surface area contributed by atoms with Crippen molar-refractivity contribution in [1.29, 1.82) is 0 Å². The number of amides is 1. The fourth-order valence-corrected chi connectivity index (χ4v) is 5.47. The second kappa shape index (κ2) is 9.22. The summed E-state index contributed by atoms with van der Waals surface area (Å²) in [4.78, 5) is 14.8. The van der Waals surface area contributed by atoms with E-state index in [2.05, 4.69) is 64.1 Å². The maximum absolute atomic E-state index is 12.8. The highest BCUT2D eigenvalue weighted by Gasteiger charge is 2.24.